The minimum absolute atomic E-state index is 0.0897. The average molecular weight is 362 g/mol. The number of amides is 1. The van der Waals surface area contributed by atoms with Crippen molar-refractivity contribution in [3.63, 3.8) is 0 Å². The van der Waals surface area contributed by atoms with E-state index in [0.29, 0.717) is 23.8 Å². The van der Waals surface area contributed by atoms with Crippen molar-refractivity contribution < 1.29 is 13.2 Å². The molecule has 0 aliphatic carbocycles. The van der Waals surface area contributed by atoms with E-state index in [4.69, 9.17) is 11.6 Å². The predicted molar refractivity (Wildman–Crippen MR) is 94.4 cm³/mol. The maximum absolute atomic E-state index is 12.1. The minimum Gasteiger partial charge on any atom is -0.326 e. The first-order chi connectivity index (χ1) is 10.6. The molecule has 0 aromatic heterocycles. The number of hydrogen-bond acceptors (Lipinski definition) is 4. The molecule has 1 aromatic rings. The van der Waals surface area contributed by atoms with Gasteiger partial charge < -0.3 is 10.2 Å². The van der Waals surface area contributed by atoms with Gasteiger partial charge in [0.15, 0.2) is 0 Å². The molecule has 0 unspecified atom stereocenters. The van der Waals surface area contributed by atoms with Crippen LogP contribution in [0, 0.1) is 6.92 Å². The van der Waals surface area contributed by atoms with Crippen LogP contribution in [0.2, 0.25) is 5.02 Å². The second-order valence-electron chi connectivity index (χ2n) is 5.72. The van der Waals surface area contributed by atoms with E-state index in [1.165, 1.54) is 4.31 Å². The van der Waals surface area contributed by atoms with E-state index in [0.717, 1.165) is 11.8 Å². The van der Waals surface area contributed by atoms with Crippen LogP contribution in [-0.2, 0) is 14.8 Å². The van der Waals surface area contributed by atoms with Gasteiger partial charge in [0.05, 0.1) is 6.26 Å². The zero-order valence-electron chi connectivity index (χ0n) is 14.0. The molecule has 0 aliphatic rings. The van der Waals surface area contributed by atoms with Crippen molar-refractivity contribution in [2.75, 3.05) is 45.3 Å². The summed E-state index contributed by atoms with van der Waals surface area (Å²) >= 11 is 5.92. The molecule has 0 spiro atoms. The van der Waals surface area contributed by atoms with Crippen molar-refractivity contribution in [2.45, 2.75) is 13.3 Å². The van der Waals surface area contributed by atoms with E-state index >= 15 is 0 Å². The number of halogens is 1. The second-order valence-corrected chi connectivity index (χ2v) is 8.14. The predicted octanol–water partition coefficient (Wildman–Crippen LogP) is 1.80. The molecule has 1 rings (SSSR count). The highest BCUT2D eigenvalue weighted by Crippen LogP contribution is 2.20. The zero-order valence-corrected chi connectivity index (χ0v) is 15.5. The van der Waals surface area contributed by atoms with Gasteiger partial charge in [-0.15, -0.1) is 0 Å². The number of aryl methyl sites for hydroxylation is 1. The molecule has 130 valence electrons. The van der Waals surface area contributed by atoms with Crippen molar-refractivity contribution >= 4 is 33.2 Å². The summed E-state index contributed by atoms with van der Waals surface area (Å²) < 4.78 is 24.9. The van der Waals surface area contributed by atoms with Crippen LogP contribution in [0.15, 0.2) is 18.2 Å². The van der Waals surface area contributed by atoms with E-state index in [1.54, 1.807) is 12.1 Å². The van der Waals surface area contributed by atoms with Crippen LogP contribution in [0.3, 0.4) is 0 Å². The lowest BCUT2D eigenvalue weighted by Crippen LogP contribution is -2.37. The van der Waals surface area contributed by atoms with Gasteiger partial charge in [-0.3, -0.25) is 4.79 Å². The van der Waals surface area contributed by atoms with Gasteiger partial charge in [-0.2, -0.15) is 0 Å². The Hall–Kier alpha value is -1.15. The lowest BCUT2D eigenvalue weighted by molar-refractivity contribution is -0.116. The standard InChI is InChI=1S/C15H24ClN3O3S/c1-12-5-6-13(16)11-14(12)17-15(20)7-8-19(23(4,21)22)10-9-18(2)3/h5-6,11H,7-10H2,1-4H3,(H,17,20). The normalized spacial score (nSPS) is 12.0. The van der Waals surface area contributed by atoms with Gasteiger partial charge in [0, 0.05) is 36.8 Å². The Labute approximate surface area is 143 Å². The van der Waals surface area contributed by atoms with Crippen LogP contribution in [0.5, 0.6) is 0 Å². The lowest BCUT2D eigenvalue weighted by Gasteiger charge is -2.21. The number of nitrogens with one attached hydrogen (secondary N) is 1. The van der Waals surface area contributed by atoms with Gasteiger partial charge in [-0.1, -0.05) is 17.7 Å². The number of nitrogens with zero attached hydrogens (tertiary/aromatic N) is 2. The van der Waals surface area contributed by atoms with Gasteiger partial charge >= 0.3 is 0 Å². The summed E-state index contributed by atoms with van der Waals surface area (Å²) in [6.07, 6.45) is 1.24. The number of benzene rings is 1. The van der Waals surface area contributed by atoms with Crippen molar-refractivity contribution in [3.05, 3.63) is 28.8 Å². The summed E-state index contributed by atoms with van der Waals surface area (Å²) in [6, 6.07) is 5.24. The molecule has 0 atom stereocenters. The fourth-order valence-corrected chi connectivity index (χ4v) is 2.93. The number of rotatable bonds is 8. The van der Waals surface area contributed by atoms with Gasteiger partial charge in [0.25, 0.3) is 0 Å². The van der Waals surface area contributed by atoms with E-state index < -0.39 is 10.0 Å². The topological polar surface area (TPSA) is 69.7 Å². The Morgan fingerprint density at radius 2 is 1.87 bits per heavy atom. The summed E-state index contributed by atoms with van der Waals surface area (Å²) in [6.45, 7) is 2.97. The highest BCUT2D eigenvalue weighted by molar-refractivity contribution is 7.88. The van der Waals surface area contributed by atoms with Crippen LogP contribution in [-0.4, -0.2) is 63.5 Å². The Kier molecular flexibility index (Phi) is 7.47. The van der Waals surface area contributed by atoms with Crippen LogP contribution in [0.1, 0.15) is 12.0 Å². The molecule has 0 radical (unpaired) electrons. The van der Waals surface area contributed by atoms with Crippen molar-refractivity contribution in [3.8, 4) is 0 Å². The lowest BCUT2D eigenvalue weighted by atomic mass is 10.2. The van der Waals surface area contributed by atoms with Crippen molar-refractivity contribution in [1.29, 1.82) is 0 Å². The third-order valence-electron chi connectivity index (χ3n) is 3.33. The molecule has 0 saturated heterocycles. The van der Waals surface area contributed by atoms with Crippen molar-refractivity contribution in [2.24, 2.45) is 0 Å². The quantitative estimate of drug-likeness (QED) is 0.766. The molecule has 0 heterocycles. The SMILES string of the molecule is Cc1ccc(Cl)cc1NC(=O)CCN(CCN(C)C)S(C)(=O)=O. The molecule has 6 nitrogen and oxygen atoms in total. The number of hydrogen-bond donors (Lipinski definition) is 1. The third kappa shape index (κ3) is 7.30. The molecule has 0 bridgehead atoms. The second kappa shape index (κ2) is 8.63. The maximum Gasteiger partial charge on any atom is 0.225 e. The van der Waals surface area contributed by atoms with E-state index in [9.17, 15) is 13.2 Å². The molecule has 1 N–H and O–H groups in total. The molecule has 1 aromatic carbocycles. The van der Waals surface area contributed by atoms with Crippen molar-refractivity contribution in [1.82, 2.24) is 9.21 Å². The first kappa shape index (κ1) is 19.9. The van der Waals surface area contributed by atoms with Crippen LogP contribution >= 0.6 is 11.6 Å². The number of likely N-dealkylation sites (N-methyl/N-ethyl adjacent to an activating group) is 1. The molecule has 1 amide bonds. The smallest absolute Gasteiger partial charge is 0.225 e. The highest BCUT2D eigenvalue weighted by Gasteiger charge is 2.18. The Morgan fingerprint density at radius 1 is 1.22 bits per heavy atom. The third-order valence-corrected chi connectivity index (χ3v) is 4.87. The van der Waals surface area contributed by atoms with Gasteiger partial charge in [0.2, 0.25) is 15.9 Å². The van der Waals surface area contributed by atoms with E-state index in [1.807, 2.05) is 32.0 Å². The Balaban J connectivity index is 2.63. The largest absolute Gasteiger partial charge is 0.326 e. The molecule has 0 aliphatic heterocycles. The molecular formula is C15H24ClN3O3S. The van der Waals surface area contributed by atoms with Gasteiger partial charge in [0.1, 0.15) is 0 Å². The molecular weight excluding hydrogens is 338 g/mol. The van der Waals surface area contributed by atoms with E-state index in [-0.39, 0.29) is 18.9 Å². The number of sulfonamides is 1. The first-order valence-electron chi connectivity index (χ1n) is 7.25. The Bertz CT molecular complexity index is 647. The molecule has 23 heavy (non-hydrogen) atoms. The van der Waals surface area contributed by atoms with Crippen LogP contribution < -0.4 is 5.32 Å². The van der Waals surface area contributed by atoms with E-state index in [2.05, 4.69) is 5.32 Å². The maximum atomic E-state index is 12.1. The average Bonchev–Trinajstić information content (AvgIpc) is 2.41. The minimum atomic E-state index is -3.34. The van der Waals surface area contributed by atoms with Crippen LogP contribution in [0.4, 0.5) is 5.69 Å². The molecule has 0 fully saturated rings. The summed E-state index contributed by atoms with van der Waals surface area (Å²) in [5, 5.41) is 3.30. The molecule has 0 saturated carbocycles. The fourth-order valence-electron chi connectivity index (χ4n) is 1.92. The number of anilines is 1. The van der Waals surface area contributed by atoms with Gasteiger partial charge in [-0.05, 0) is 38.7 Å². The zero-order chi connectivity index (χ0) is 17.6. The van der Waals surface area contributed by atoms with Gasteiger partial charge in [-0.25, -0.2) is 12.7 Å². The summed E-state index contributed by atoms with van der Waals surface area (Å²) in [7, 11) is 0.402. The summed E-state index contributed by atoms with van der Waals surface area (Å²) in [5.41, 5.74) is 1.54. The number of carbonyl (C=O) groups is 1. The monoisotopic (exact) mass is 361 g/mol. The number of carbonyl (C=O) groups excluding carboxylic acids is 1. The Morgan fingerprint density at radius 3 is 2.43 bits per heavy atom. The summed E-state index contributed by atoms with van der Waals surface area (Å²) in [5.74, 6) is -0.242. The molecule has 8 heteroatoms. The first-order valence-corrected chi connectivity index (χ1v) is 9.48. The van der Waals surface area contributed by atoms with Crippen LogP contribution in [0.25, 0.3) is 0 Å². The fraction of sp³-hybridized carbons (Fsp3) is 0.533. The summed E-state index contributed by atoms with van der Waals surface area (Å²) in [4.78, 5) is 14.0. The highest BCUT2D eigenvalue weighted by atomic mass is 35.5.